The first-order valence-corrected chi connectivity index (χ1v) is 14.3. The molecule has 1 aliphatic carbocycles. The van der Waals surface area contributed by atoms with Crippen molar-refractivity contribution >= 4 is 29.1 Å². The first kappa shape index (κ1) is 31.1. The van der Waals surface area contributed by atoms with Crippen LogP contribution in [0.2, 0.25) is 0 Å². The lowest BCUT2D eigenvalue weighted by atomic mass is 9.79. The van der Waals surface area contributed by atoms with E-state index in [4.69, 9.17) is 16.3 Å². The Hall–Kier alpha value is -2.34. The van der Waals surface area contributed by atoms with E-state index in [1.54, 1.807) is 0 Å². The van der Waals surface area contributed by atoms with Crippen molar-refractivity contribution in [1.82, 2.24) is 20.3 Å². The number of hydrogen-bond acceptors (Lipinski definition) is 10. The maximum atomic E-state index is 14.0. The van der Waals surface area contributed by atoms with Gasteiger partial charge in [0.25, 0.3) is 0 Å². The van der Waals surface area contributed by atoms with E-state index in [0.717, 1.165) is 22.6 Å². The van der Waals surface area contributed by atoms with Gasteiger partial charge in [0, 0.05) is 30.8 Å². The highest BCUT2D eigenvalue weighted by Gasteiger charge is 2.53. The van der Waals surface area contributed by atoms with Gasteiger partial charge in [0.05, 0.1) is 29.4 Å². The molecule has 0 radical (unpaired) electrons. The number of aromatic nitrogens is 3. The van der Waals surface area contributed by atoms with Gasteiger partial charge in [0.2, 0.25) is 5.92 Å². The van der Waals surface area contributed by atoms with E-state index in [1.807, 2.05) is 0 Å². The Labute approximate surface area is 245 Å². The maximum absolute atomic E-state index is 14.0. The van der Waals surface area contributed by atoms with E-state index in [9.17, 15) is 42.4 Å². The molecule has 2 fully saturated rings. The summed E-state index contributed by atoms with van der Waals surface area (Å²) in [4.78, 5) is 4.27. The molecule has 1 saturated carbocycles. The summed E-state index contributed by atoms with van der Waals surface area (Å²) in [6.07, 6.45) is -2.26. The lowest BCUT2D eigenvalue weighted by Crippen LogP contribution is -2.58. The van der Waals surface area contributed by atoms with Crippen LogP contribution in [0.25, 0.3) is 11.3 Å². The van der Waals surface area contributed by atoms with Crippen LogP contribution in [0.1, 0.15) is 31.7 Å². The van der Waals surface area contributed by atoms with Crippen LogP contribution >= 0.6 is 23.4 Å². The molecule has 1 aromatic heterocycles. The molecule has 1 unspecified atom stereocenters. The third-order valence-corrected chi connectivity index (χ3v) is 9.58. The summed E-state index contributed by atoms with van der Waals surface area (Å²) in [5.74, 6) is -7.55. The molecule has 17 heteroatoms. The third-order valence-electron chi connectivity index (χ3n) is 7.62. The minimum Gasteiger partial charge on any atom is -0.394 e. The van der Waals surface area contributed by atoms with Crippen molar-refractivity contribution in [1.29, 1.82) is 0 Å². The summed E-state index contributed by atoms with van der Waals surface area (Å²) in [6, 6.07) is 0.0652. The number of thioether (sulfide) groups is 1. The van der Waals surface area contributed by atoms with Crippen molar-refractivity contribution in [3.05, 3.63) is 48.2 Å². The molecule has 1 saturated heterocycles. The lowest BCUT2D eigenvalue weighted by Gasteiger charge is -2.47. The minimum absolute atomic E-state index is 0.113. The Morgan fingerprint density at radius 3 is 2.40 bits per heavy atom. The molecule has 0 spiro atoms. The van der Waals surface area contributed by atoms with Crippen LogP contribution in [0.3, 0.4) is 0 Å². The van der Waals surface area contributed by atoms with Crippen molar-refractivity contribution in [2.24, 2.45) is 4.99 Å². The fraction of sp³-hybridized carbons (Fsp3) is 0.560. The van der Waals surface area contributed by atoms with Crippen LogP contribution in [0.5, 0.6) is 0 Å². The molecule has 5 rings (SSSR count). The molecule has 5 N–H and O–H groups in total. The van der Waals surface area contributed by atoms with Gasteiger partial charge in [-0.1, -0.05) is 16.8 Å². The molecule has 1 aromatic carbocycles. The summed E-state index contributed by atoms with van der Waals surface area (Å²) < 4.78 is 75.9. The van der Waals surface area contributed by atoms with Crippen molar-refractivity contribution in [2.75, 3.05) is 6.61 Å². The lowest BCUT2D eigenvalue weighted by molar-refractivity contribution is -0.179. The topological polar surface area (TPSA) is 145 Å². The summed E-state index contributed by atoms with van der Waals surface area (Å²) in [6.45, 7) is -0.706. The predicted octanol–water partition coefficient (Wildman–Crippen LogP) is 2.47. The Balaban J connectivity index is 1.46. The molecule has 3 heterocycles. The van der Waals surface area contributed by atoms with Crippen LogP contribution in [-0.4, -0.2) is 93.8 Å². The number of alkyl halides is 3. The van der Waals surface area contributed by atoms with Crippen LogP contribution in [-0.2, 0) is 4.74 Å². The minimum atomic E-state index is -2.96. The van der Waals surface area contributed by atoms with Gasteiger partial charge in [0.1, 0.15) is 41.0 Å². The zero-order valence-corrected chi connectivity index (χ0v) is 23.2. The highest BCUT2D eigenvalue weighted by atomic mass is 35.5. The van der Waals surface area contributed by atoms with Gasteiger partial charge in [0.15, 0.2) is 17.5 Å². The standard InChI is InChI=1S/C25H27ClF5N5O5S/c26-22-17(32-5-6-33-22)21(24(40)1-3-25(30,31)4-2-24)42-23-20(39)18(19(38)15(10-37)41-23)36-9-14(34-35-36)11-7-12(27)16(29)13(28)8-11/h5-9,15,18-23,33,37-40H,1-4,10H2/t15-,18+,19+,20-,21+,22?,23+/m1/s1. The number of hydrogen-bond donors (Lipinski definition) is 5. The molecule has 2 aromatic rings. The van der Waals surface area contributed by atoms with Crippen LogP contribution < -0.4 is 5.32 Å². The first-order chi connectivity index (χ1) is 19.8. The molecule has 3 aliphatic rings. The van der Waals surface area contributed by atoms with Crippen molar-refractivity contribution in [3.8, 4) is 11.3 Å². The Morgan fingerprint density at radius 1 is 1.12 bits per heavy atom. The van der Waals surface area contributed by atoms with Gasteiger partial charge >= 0.3 is 0 Å². The second kappa shape index (κ2) is 12.0. The average molecular weight is 640 g/mol. The predicted molar refractivity (Wildman–Crippen MR) is 141 cm³/mol. The summed E-state index contributed by atoms with van der Waals surface area (Å²) in [5, 5.41) is 53.3. The molecule has 10 nitrogen and oxygen atoms in total. The number of aliphatic imine (C=N–C) groups is 1. The van der Waals surface area contributed by atoms with E-state index in [1.165, 1.54) is 12.4 Å². The molecule has 0 bridgehead atoms. The summed E-state index contributed by atoms with van der Waals surface area (Å²) in [7, 11) is 0. The van der Waals surface area contributed by atoms with Crippen LogP contribution in [0.4, 0.5) is 22.0 Å². The quantitative estimate of drug-likeness (QED) is 0.134. The summed E-state index contributed by atoms with van der Waals surface area (Å²) in [5.41, 5.74) is -4.04. The molecular formula is C25H27ClF5N5O5S. The van der Waals surface area contributed by atoms with Gasteiger partial charge in [-0.15, -0.1) is 16.9 Å². The number of aliphatic hydroxyl groups excluding tert-OH is 3. The van der Waals surface area contributed by atoms with Crippen LogP contribution in [0.15, 0.2) is 35.7 Å². The Kier molecular flexibility index (Phi) is 8.87. The van der Waals surface area contributed by atoms with Gasteiger partial charge in [-0.3, -0.25) is 4.99 Å². The number of halogens is 6. The van der Waals surface area contributed by atoms with E-state index in [2.05, 4.69) is 20.6 Å². The van der Waals surface area contributed by atoms with Gasteiger partial charge in [-0.25, -0.2) is 26.6 Å². The zero-order valence-electron chi connectivity index (χ0n) is 21.6. The van der Waals surface area contributed by atoms with Gasteiger partial charge in [-0.2, -0.15) is 0 Å². The summed E-state index contributed by atoms with van der Waals surface area (Å²) >= 11 is 7.25. The van der Waals surface area contributed by atoms with Gasteiger partial charge in [-0.05, 0) is 25.0 Å². The molecular weight excluding hydrogens is 613 g/mol. The maximum Gasteiger partial charge on any atom is 0.248 e. The second-order valence-electron chi connectivity index (χ2n) is 10.4. The monoisotopic (exact) mass is 639 g/mol. The number of nitrogens with zero attached hydrogens (tertiary/aromatic N) is 4. The highest BCUT2D eigenvalue weighted by molar-refractivity contribution is 8.01. The molecule has 2 aliphatic heterocycles. The highest BCUT2D eigenvalue weighted by Crippen LogP contribution is 2.47. The Bertz CT molecular complexity index is 1340. The molecule has 7 atom stereocenters. The zero-order chi connectivity index (χ0) is 30.4. The fourth-order valence-electron chi connectivity index (χ4n) is 5.27. The number of ether oxygens (including phenoxy) is 1. The van der Waals surface area contributed by atoms with E-state index < -0.39 is 89.0 Å². The third kappa shape index (κ3) is 6.02. The Morgan fingerprint density at radius 2 is 1.79 bits per heavy atom. The van der Waals surface area contributed by atoms with Crippen LogP contribution in [0, 0.1) is 17.5 Å². The largest absolute Gasteiger partial charge is 0.394 e. The molecule has 42 heavy (non-hydrogen) atoms. The molecule has 230 valence electrons. The van der Waals surface area contributed by atoms with E-state index in [-0.39, 0.29) is 29.8 Å². The number of nitrogens with one attached hydrogen (secondary N) is 1. The normalized spacial score (nSPS) is 31.3. The van der Waals surface area contributed by atoms with Gasteiger partial charge < -0.3 is 30.5 Å². The van der Waals surface area contributed by atoms with E-state index in [0.29, 0.717) is 12.1 Å². The fourth-order valence-corrected chi connectivity index (χ4v) is 7.22. The van der Waals surface area contributed by atoms with E-state index >= 15 is 0 Å². The van der Waals surface area contributed by atoms with Crippen molar-refractivity contribution in [2.45, 2.75) is 77.7 Å². The smallest absolute Gasteiger partial charge is 0.248 e. The second-order valence-corrected chi connectivity index (χ2v) is 12.1. The molecule has 0 amide bonds. The average Bonchev–Trinajstić information content (AvgIpc) is 3.43. The number of rotatable bonds is 7. The van der Waals surface area contributed by atoms with Crippen molar-refractivity contribution in [3.63, 3.8) is 0 Å². The van der Waals surface area contributed by atoms with Crippen molar-refractivity contribution < 1.29 is 47.1 Å². The number of aliphatic hydroxyl groups is 4. The SMILES string of the molecule is OC[C@H]1O[C@@H](S[C@@H](C2=NC=CNC2Cl)C2(O)CCC(F)(F)CC2)[C@H](O)[C@@H](n2cc(-c3cc(F)c(F)c(F)c3)nn2)[C@H]1O. The number of benzene rings is 1. The first-order valence-electron chi connectivity index (χ1n) is 12.9.